The van der Waals surface area contributed by atoms with Crippen molar-refractivity contribution in [1.29, 1.82) is 0 Å². The van der Waals surface area contributed by atoms with E-state index in [1.54, 1.807) is 69.5 Å². The number of nitrogens with one attached hydrogen (secondary N) is 1. The van der Waals surface area contributed by atoms with Crippen LogP contribution in [-0.4, -0.2) is 51.4 Å². The predicted molar refractivity (Wildman–Crippen MR) is 153 cm³/mol. The van der Waals surface area contributed by atoms with Crippen molar-refractivity contribution in [3.63, 3.8) is 0 Å². The number of nitrogens with zero attached hydrogens (tertiary/aromatic N) is 2. The van der Waals surface area contributed by atoms with Gasteiger partial charge in [-0.2, -0.15) is 0 Å². The Morgan fingerprint density at radius 3 is 2.38 bits per heavy atom. The monoisotopic (exact) mass is 571 g/mol. The third-order valence-corrected chi connectivity index (χ3v) is 8.45. The van der Waals surface area contributed by atoms with Gasteiger partial charge in [0.1, 0.15) is 18.3 Å². The van der Waals surface area contributed by atoms with E-state index in [1.807, 2.05) is 13.0 Å². The van der Waals surface area contributed by atoms with Crippen LogP contribution in [0.15, 0.2) is 77.7 Å². The van der Waals surface area contributed by atoms with E-state index in [-0.39, 0.29) is 23.0 Å². The molecule has 0 saturated carbocycles. The van der Waals surface area contributed by atoms with Gasteiger partial charge in [-0.25, -0.2) is 8.42 Å². The molecule has 2 amide bonds. The smallest absolute Gasteiger partial charge is 0.264 e. The number of halogens is 1. The van der Waals surface area contributed by atoms with Crippen LogP contribution in [0, 0.1) is 6.92 Å². The van der Waals surface area contributed by atoms with Crippen molar-refractivity contribution in [2.24, 2.45) is 0 Å². The summed E-state index contributed by atoms with van der Waals surface area (Å²) in [4.78, 5) is 28.3. The summed E-state index contributed by atoms with van der Waals surface area (Å²) in [6.45, 7) is 5.36. The molecule has 1 N–H and O–H groups in total. The van der Waals surface area contributed by atoms with Crippen molar-refractivity contribution in [2.75, 3.05) is 24.5 Å². The molecule has 0 radical (unpaired) electrons. The summed E-state index contributed by atoms with van der Waals surface area (Å²) < 4.78 is 33.9. The van der Waals surface area contributed by atoms with Crippen LogP contribution in [0.25, 0.3) is 0 Å². The standard InChI is InChI=1S/C29H34ClN3O5S/c1-5-16-31-29(35)22(3)32(19-23-10-9-11-25(17-23)38-4)28(34)20-33(24-15-14-21(2)27(30)18-24)39(36,37)26-12-7-6-8-13-26/h6-15,17-18,22H,5,16,19-20H2,1-4H3,(H,31,35). The maximum atomic E-state index is 13.9. The molecule has 0 aromatic heterocycles. The summed E-state index contributed by atoms with van der Waals surface area (Å²) in [7, 11) is -2.61. The summed E-state index contributed by atoms with van der Waals surface area (Å²) in [6, 6.07) is 19.0. The van der Waals surface area contributed by atoms with E-state index in [0.717, 1.165) is 21.9 Å². The second kappa shape index (κ2) is 13.5. The fraction of sp³-hybridized carbons (Fsp3) is 0.310. The number of hydrogen-bond donors (Lipinski definition) is 1. The first-order valence-electron chi connectivity index (χ1n) is 12.6. The number of carbonyl (C=O) groups is 2. The van der Waals surface area contributed by atoms with E-state index in [1.165, 1.54) is 23.1 Å². The molecule has 3 aromatic rings. The van der Waals surface area contributed by atoms with Crippen LogP contribution < -0.4 is 14.4 Å². The van der Waals surface area contributed by atoms with Gasteiger partial charge in [-0.15, -0.1) is 0 Å². The Hall–Kier alpha value is -3.56. The van der Waals surface area contributed by atoms with Gasteiger partial charge < -0.3 is 15.0 Å². The summed E-state index contributed by atoms with van der Waals surface area (Å²) in [5.74, 6) is -0.275. The first kappa shape index (κ1) is 30.0. The lowest BCUT2D eigenvalue weighted by Crippen LogP contribution is -2.51. The molecular formula is C29H34ClN3O5S. The minimum atomic E-state index is -4.15. The normalized spacial score (nSPS) is 11.9. The molecule has 3 rings (SSSR count). The molecule has 208 valence electrons. The number of amides is 2. The number of benzene rings is 3. The van der Waals surface area contributed by atoms with Gasteiger partial charge in [0, 0.05) is 18.1 Å². The van der Waals surface area contributed by atoms with E-state index in [9.17, 15) is 18.0 Å². The molecule has 1 unspecified atom stereocenters. The zero-order chi connectivity index (χ0) is 28.6. The number of ether oxygens (including phenoxy) is 1. The van der Waals surface area contributed by atoms with Crippen LogP contribution in [0.4, 0.5) is 5.69 Å². The highest BCUT2D eigenvalue weighted by atomic mass is 35.5. The molecule has 0 aliphatic heterocycles. The Morgan fingerprint density at radius 2 is 1.74 bits per heavy atom. The number of sulfonamides is 1. The first-order valence-corrected chi connectivity index (χ1v) is 14.4. The number of aryl methyl sites for hydroxylation is 1. The lowest BCUT2D eigenvalue weighted by atomic mass is 10.1. The second-order valence-corrected chi connectivity index (χ2v) is 11.4. The topological polar surface area (TPSA) is 96.0 Å². The molecule has 39 heavy (non-hydrogen) atoms. The molecule has 0 fully saturated rings. The van der Waals surface area contributed by atoms with Crippen molar-refractivity contribution in [1.82, 2.24) is 10.2 Å². The number of rotatable bonds is 12. The highest BCUT2D eigenvalue weighted by molar-refractivity contribution is 7.92. The van der Waals surface area contributed by atoms with E-state index < -0.39 is 28.5 Å². The maximum absolute atomic E-state index is 13.9. The lowest BCUT2D eigenvalue weighted by Gasteiger charge is -2.32. The van der Waals surface area contributed by atoms with Crippen LogP contribution in [-0.2, 0) is 26.2 Å². The van der Waals surface area contributed by atoms with Gasteiger partial charge in [0.2, 0.25) is 11.8 Å². The molecular weight excluding hydrogens is 538 g/mol. The molecule has 0 spiro atoms. The molecule has 0 aliphatic carbocycles. The van der Waals surface area contributed by atoms with E-state index in [4.69, 9.17) is 16.3 Å². The Labute approximate surface area is 235 Å². The van der Waals surface area contributed by atoms with Gasteiger partial charge in [-0.05, 0) is 67.8 Å². The van der Waals surface area contributed by atoms with Crippen LogP contribution in [0.2, 0.25) is 5.02 Å². The van der Waals surface area contributed by atoms with Crippen LogP contribution in [0.5, 0.6) is 5.75 Å². The molecule has 0 aliphatic rings. The van der Waals surface area contributed by atoms with Crippen LogP contribution in [0.1, 0.15) is 31.4 Å². The van der Waals surface area contributed by atoms with Crippen LogP contribution >= 0.6 is 11.6 Å². The Bertz CT molecular complexity index is 1400. The minimum absolute atomic E-state index is 0.0302. The van der Waals surface area contributed by atoms with Crippen molar-refractivity contribution in [3.8, 4) is 5.75 Å². The molecule has 3 aromatic carbocycles. The van der Waals surface area contributed by atoms with Gasteiger partial charge in [0.15, 0.2) is 0 Å². The maximum Gasteiger partial charge on any atom is 0.264 e. The third kappa shape index (κ3) is 7.52. The first-order chi connectivity index (χ1) is 18.6. The summed E-state index contributed by atoms with van der Waals surface area (Å²) in [5.41, 5.74) is 1.74. The van der Waals surface area contributed by atoms with E-state index in [0.29, 0.717) is 17.3 Å². The lowest BCUT2D eigenvalue weighted by molar-refractivity contribution is -0.139. The zero-order valence-electron chi connectivity index (χ0n) is 22.6. The van der Waals surface area contributed by atoms with Crippen molar-refractivity contribution < 1.29 is 22.7 Å². The fourth-order valence-corrected chi connectivity index (χ4v) is 5.53. The molecule has 10 heteroatoms. The quantitative estimate of drug-likeness (QED) is 0.337. The molecule has 1 atom stereocenters. The second-order valence-electron chi connectivity index (χ2n) is 9.10. The fourth-order valence-electron chi connectivity index (χ4n) is 3.93. The van der Waals surface area contributed by atoms with Gasteiger partial charge in [-0.1, -0.05) is 54.9 Å². The summed E-state index contributed by atoms with van der Waals surface area (Å²) in [6.07, 6.45) is 0.736. The highest BCUT2D eigenvalue weighted by Crippen LogP contribution is 2.28. The number of anilines is 1. The van der Waals surface area contributed by atoms with Gasteiger partial charge in [-0.3, -0.25) is 13.9 Å². The molecule has 0 bridgehead atoms. The van der Waals surface area contributed by atoms with E-state index >= 15 is 0 Å². The van der Waals surface area contributed by atoms with Gasteiger partial charge in [0.05, 0.1) is 17.7 Å². The molecule has 0 heterocycles. The predicted octanol–water partition coefficient (Wildman–Crippen LogP) is 4.80. The Balaban J connectivity index is 2.04. The average Bonchev–Trinajstić information content (AvgIpc) is 2.94. The van der Waals surface area contributed by atoms with Crippen molar-refractivity contribution in [2.45, 2.75) is 44.7 Å². The van der Waals surface area contributed by atoms with Crippen molar-refractivity contribution in [3.05, 3.63) is 88.9 Å². The van der Waals surface area contributed by atoms with Gasteiger partial charge in [0.25, 0.3) is 10.0 Å². The zero-order valence-corrected chi connectivity index (χ0v) is 24.1. The van der Waals surface area contributed by atoms with E-state index in [2.05, 4.69) is 5.32 Å². The number of methoxy groups -OCH3 is 1. The largest absolute Gasteiger partial charge is 0.497 e. The number of hydrogen-bond acceptors (Lipinski definition) is 5. The third-order valence-electron chi connectivity index (χ3n) is 6.26. The average molecular weight is 572 g/mol. The minimum Gasteiger partial charge on any atom is -0.497 e. The highest BCUT2D eigenvalue weighted by Gasteiger charge is 2.32. The number of carbonyl (C=O) groups excluding carboxylic acids is 2. The van der Waals surface area contributed by atoms with Crippen molar-refractivity contribution >= 4 is 39.1 Å². The molecule has 8 nitrogen and oxygen atoms in total. The van der Waals surface area contributed by atoms with Gasteiger partial charge >= 0.3 is 0 Å². The summed E-state index contributed by atoms with van der Waals surface area (Å²) in [5, 5.41) is 3.19. The Morgan fingerprint density at radius 1 is 1.03 bits per heavy atom. The SMILES string of the molecule is CCCNC(=O)C(C)N(Cc1cccc(OC)c1)C(=O)CN(c1ccc(C)c(Cl)c1)S(=O)(=O)c1ccccc1. The Kier molecular flexibility index (Phi) is 10.4. The molecule has 0 saturated heterocycles. The summed E-state index contributed by atoms with van der Waals surface area (Å²) >= 11 is 6.35. The van der Waals surface area contributed by atoms with Crippen LogP contribution in [0.3, 0.4) is 0 Å².